The predicted octanol–water partition coefficient (Wildman–Crippen LogP) is 0.773. The Labute approximate surface area is 85.2 Å². The van der Waals surface area contributed by atoms with Crippen LogP contribution in [0.25, 0.3) is 0 Å². The van der Waals surface area contributed by atoms with Gasteiger partial charge >= 0.3 is 0 Å². The van der Waals surface area contributed by atoms with Crippen LogP contribution in [-0.2, 0) is 4.74 Å². The zero-order chi connectivity index (χ0) is 9.68. The summed E-state index contributed by atoms with van der Waals surface area (Å²) in [7, 11) is 0. The molecule has 1 rings (SSSR count). The van der Waals surface area contributed by atoms with Gasteiger partial charge in [0.2, 0.25) is 0 Å². The van der Waals surface area contributed by atoms with Crippen LogP contribution in [0.3, 0.4) is 0 Å². The van der Waals surface area contributed by atoms with Crippen molar-refractivity contribution in [3.63, 3.8) is 0 Å². The topological polar surface area (TPSA) is 38.5 Å². The molecule has 0 aromatic heterocycles. The molecule has 3 nitrogen and oxygen atoms in total. The van der Waals surface area contributed by atoms with Gasteiger partial charge < -0.3 is 15.4 Å². The molecule has 0 amide bonds. The smallest absolute Gasteiger partial charge is 0.0740 e. The summed E-state index contributed by atoms with van der Waals surface area (Å²) in [6.07, 6.45) is 2.28. The molecule has 0 aliphatic carbocycles. The minimum absolute atomic E-state index is 0.342. The van der Waals surface area contributed by atoms with Crippen molar-refractivity contribution in [2.24, 2.45) is 5.73 Å². The summed E-state index contributed by atoms with van der Waals surface area (Å²) in [5, 5.41) is 0. The Hall–Kier alpha value is -0.190. The molecular weight excluding hydrogens is 184 g/mol. The fraction of sp³-hybridized carbons (Fsp3) is 0.889. The summed E-state index contributed by atoms with van der Waals surface area (Å²) in [4.78, 5) is 2.98. The van der Waals surface area contributed by atoms with Gasteiger partial charge in [-0.25, -0.2) is 0 Å². The molecule has 1 heterocycles. The van der Waals surface area contributed by atoms with Crippen molar-refractivity contribution in [2.45, 2.75) is 25.9 Å². The second-order valence-electron chi connectivity index (χ2n) is 3.55. The molecule has 0 bridgehead atoms. The van der Waals surface area contributed by atoms with Gasteiger partial charge in [0.05, 0.1) is 11.1 Å². The average molecular weight is 202 g/mol. The van der Waals surface area contributed by atoms with Gasteiger partial charge in [-0.05, 0) is 13.3 Å². The third kappa shape index (κ3) is 4.55. The van der Waals surface area contributed by atoms with Gasteiger partial charge in [0.1, 0.15) is 0 Å². The first kappa shape index (κ1) is 10.9. The lowest BCUT2D eigenvalue weighted by molar-refractivity contribution is 0.0681. The Morgan fingerprint density at radius 2 is 2.46 bits per heavy atom. The van der Waals surface area contributed by atoms with Crippen LogP contribution in [0.1, 0.15) is 19.8 Å². The lowest BCUT2D eigenvalue weighted by Crippen LogP contribution is -2.32. The van der Waals surface area contributed by atoms with Crippen LogP contribution in [0.15, 0.2) is 0 Å². The fourth-order valence-electron chi connectivity index (χ4n) is 1.55. The summed E-state index contributed by atoms with van der Waals surface area (Å²) < 4.78 is 5.53. The van der Waals surface area contributed by atoms with Crippen LogP contribution in [0.2, 0.25) is 0 Å². The first-order valence-electron chi connectivity index (χ1n) is 4.81. The minimum Gasteiger partial charge on any atom is -0.393 e. The molecule has 1 aliphatic rings. The monoisotopic (exact) mass is 202 g/mol. The highest BCUT2D eigenvalue weighted by molar-refractivity contribution is 7.80. The molecule has 0 aromatic carbocycles. The number of hydrogen-bond donors (Lipinski definition) is 1. The van der Waals surface area contributed by atoms with Gasteiger partial charge in [-0.15, -0.1) is 0 Å². The van der Waals surface area contributed by atoms with Crippen molar-refractivity contribution in [3.8, 4) is 0 Å². The molecule has 1 unspecified atom stereocenters. The maximum absolute atomic E-state index is 5.53. The van der Waals surface area contributed by atoms with E-state index in [1.54, 1.807) is 0 Å². The Balaban J connectivity index is 2.26. The van der Waals surface area contributed by atoms with E-state index < -0.39 is 0 Å². The standard InChI is InChI=1S/C9H18N2OS/c1-8-7-11(4-2-6-12-8)5-3-9(10)13/h8H,2-7H2,1H3,(H2,10,13). The number of ether oxygens (including phenoxy) is 1. The molecule has 0 saturated carbocycles. The zero-order valence-corrected chi connectivity index (χ0v) is 8.98. The lowest BCUT2D eigenvalue weighted by Gasteiger charge is -2.21. The molecule has 0 spiro atoms. The molecule has 76 valence electrons. The highest BCUT2D eigenvalue weighted by Crippen LogP contribution is 2.05. The minimum atomic E-state index is 0.342. The lowest BCUT2D eigenvalue weighted by atomic mass is 10.3. The molecule has 1 fully saturated rings. The van der Waals surface area contributed by atoms with E-state index in [9.17, 15) is 0 Å². The molecular formula is C9H18N2OS. The van der Waals surface area contributed by atoms with Crippen molar-refractivity contribution in [1.82, 2.24) is 4.90 Å². The van der Waals surface area contributed by atoms with Crippen molar-refractivity contribution >= 4 is 17.2 Å². The largest absolute Gasteiger partial charge is 0.393 e. The van der Waals surface area contributed by atoms with Crippen molar-refractivity contribution < 1.29 is 4.74 Å². The van der Waals surface area contributed by atoms with E-state index in [0.29, 0.717) is 11.1 Å². The highest BCUT2D eigenvalue weighted by Gasteiger charge is 2.14. The van der Waals surface area contributed by atoms with E-state index in [4.69, 9.17) is 22.7 Å². The van der Waals surface area contributed by atoms with Gasteiger partial charge in [0.25, 0.3) is 0 Å². The molecule has 4 heteroatoms. The zero-order valence-electron chi connectivity index (χ0n) is 8.16. The number of hydrogen-bond acceptors (Lipinski definition) is 3. The van der Waals surface area contributed by atoms with Gasteiger partial charge in [-0.3, -0.25) is 0 Å². The third-order valence-electron chi connectivity index (χ3n) is 2.21. The van der Waals surface area contributed by atoms with E-state index in [-0.39, 0.29) is 0 Å². The Kier molecular flexibility index (Phi) is 4.62. The van der Waals surface area contributed by atoms with Crippen LogP contribution in [0.5, 0.6) is 0 Å². The van der Waals surface area contributed by atoms with Crippen LogP contribution in [0, 0.1) is 0 Å². The van der Waals surface area contributed by atoms with E-state index in [2.05, 4.69) is 11.8 Å². The number of rotatable bonds is 3. The van der Waals surface area contributed by atoms with Crippen LogP contribution in [-0.4, -0.2) is 42.2 Å². The highest BCUT2D eigenvalue weighted by atomic mass is 32.1. The average Bonchev–Trinajstić information content (AvgIpc) is 2.26. The molecule has 0 radical (unpaired) electrons. The predicted molar refractivity (Wildman–Crippen MR) is 57.9 cm³/mol. The first-order chi connectivity index (χ1) is 6.18. The fourth-order valence-corrected chi connectivity index (χ4v) is 1.64. The van der Waals surface area contributed by atoms with Gasteiger partial charge in [0.15, 0.2) is 0 Å². The van der Waals surface area contributed by atoms with E-state index >= 15 is 0 Å². The molecule has 1 atom stereocenters. The Bertz CT molecular complexity index is 175. The van der Waals surface area contributed by atoms with Crippen molar-refractivity contribution in [1.29, 1.82) is 0 Å². The molecule has 1 aliphatic heterocycles. The van der Waals surface area contributed by atoms with Crippen molar-refractivity contribution in [2.75, 3.05) is 26.2 Å². The van der Waals surface area contributed by atoms with Gasteiger partial charge in [-0.2, -0.15) is 0 Å². The van der Waals surface area contributed by atoms with Gasteiger partial charge in [-0.1, -0.05) is 12.2 Å². The van der Waals surface area contributed by atoms with E-state index in [1.165, 1.54) is 0 Å². The molecule has 13 heavy (non-hydrogen) atoms. The van der Waals surface area contributed by atoms with E-state index in [1.807, 2.05) is 0 Å². The summed E-state index contributed by atoms with van der Waals surface area (Å²) in [6.45, 7) is 6.07. The maximum atomic E-state index is 5.53. The first-order valence-corrected chi connectivity index (χ1v) is 5.21. The summed E-state index contributed by atoms with van der Waals surface area (Å²) in [5.74, 6) is 0. The third-order valence-corrected chi connectivity index (χ3v) is 2.41. The SMILES string of the molecule is CC1CN(CCC(N)=S)CCCO1. The second kappa shape index (κ2) is 5.52. The molecule has 1 saturated heterocycles. The molecule has 0 aromatic rings. The van der Waals surface area contributed by atoms with Crippen LogP contribution < -0.4 is 5.73 Å². The summed E-state index contributed by atoms with van der Waals surface area (Å²) >= 11 is 4.85. The van der Waals surface area contributed by atoms with Crippen LogP contribution >= 0.6 is 12.2 Å². The van der Waals surface area contributed by atoms with Crippen molar-refractivity contribution in [3.05, 3.63) is 0 Å². The molecule has 2 N–H and O–H groups in total. The normalized spacial score (nSPS) is 25.5. The van der Waals surface area contributed by atoms with Gasteiger partial charge in [0, 0.05) is 32.7 Å². The summed E-state index contributed by atoms with van der Waals surface area (Å²) in [6, 6.07) is 0. The number of nitrogens with two attached hydrogens (primary N) is 1. The van der Waals surface area contributed by atoms with E-state index in [0.717, 1.165) is 39.1 Å². The Morgan fingerprint density at radius 3 is 3.15 bits per heavy atom. The quantitative estimate of drug-likeness (QED) is 0.686. The number of nitrogens with zero attached hydrogens (tertiary/aromatic N) is 1. The second-order valence-corrected chi connectivity index (χ2v) is 4.08. The van der Waals surface area contributed by atoms with Crippen LogP contribution in [0.4, 0.5) is 0 Å². The maximum Gasteiger partial charge on any atom is 0.0740 e. The number of thiocarbonyl (C=S) groups is 1. The Morgan fingerprint density at radius 1 is 1.69 bits per heavy atom. The summed E-state index contributed by atoms with van der Waals surface area (Å²) in [5.41, 5.74) is 5.46.